The summed E-state index contributed by atoms with van der Waals surface area (Å²) in [7, 11) is 3.58. The Morgan fingerprint density at radius 2 is 1.90 bits per heavy atom. The molecule has 0 aliphatic rings. The number of hydrogen-bond donors (Lipinski definition) is 1. The van der Waals surface area contributed by atoms with Crippen LogP contribution in [0.2, 0.25) is 0 Å². The fourth-order valence-corrected chi connectivity index (χ4v) is 3.29. The summed E-state index contributed by atoms with van der Waals surface area (Å²) in [5.74, 6) is -0.0909. The summed E-state index contributed by atoms with van der Waals surface area (Å²) in [5.41, 5.74) is 2.94. The molecule has 1 N–H and O–H groups in total. The first-order valence-electron chi connectivity index (χ1n) is 11.0. The molecule has 170 valence electrons. The van der Waals surface area contributed by atoms with E-state index in [9.17, 15) is 9.59 Å². The van der Waals surface area contributed by atoms with Gasteiger partial charge in [0.1, 0.15) is 6.54 Å². The molecule has 1 aromatic carbocycles. The number of anilines is 1. The fourth-order valence-electron chi connectivity index (χ4n) is 3.29. The molecule has 2 aromatic rings. The molecule has 0 atom stereocenters. The lowest BCUT2D eigenvalue weighted by Crippen LogP contribution is -2.45. The molecule has 1 heterocycles. The number of amides is 3. The van der Waals surface area contributed by atoms with Gasteiger partial charge in [0.15, 0.2) is 0 Å². The fraction of sp³-hybridized carbons (Fsp3) is 0.500. The number of hydrogen-bond acceptors (Lipinski definition) is 3. The maximum atomic E-state index is 13.2. The molecule has 3 amide bonds. The highest BCUT2D eigenvalue weighted by Crippen LogP contribution is 2.13. The lowest BCUT2D eigenvalue weighted by atomic mass is 10.1. The number of carbonyl (C=O) groups excluding carboxylic acids is 2. The molecule has 0 radical (unpaired) electrons. The quantitative estimate of drug-likeness (QED) is 0.558. The average Bonchev–Trinajstić information content (AvgIpc) is 3.18. The molecule has 31 heavy (non-hydrogen) atoms. The van der Waals surface area contributed by atoms with Crippen molar-refractivity contribution >= 4 is 17.6 Å². The van der Waals surface area contributed by atoms with E-state index in [-0.39, 0.29) is 18.5 Å². The standard InChI is InChI=1S/C24H36N4O3/c1-5-7-14-28(24(30)25-21-11-8-10-20(6-2)17-21)19-23(29)27(15-16-31-4)18-22-12-9-13-26(22)3/h8-13,17H,5-7,14-16,18-19H2,1-4H3,(H,25,30). The number of nitrogens with one attached hydrogen (secondary N) is 1. The number of methoxy groups -OCH3 is 1. The van der Waals surface area contributed by atoms with E-state index in [1.54, 1.807) is 16.9 Å². The minimum atomic E-state index is -0.249. The molecule has 1 aromatic heterocycles. The van der Waals surface area contributed by atoms with E-state index in [1.165, 1.54) is 0 Å². The number of aryl methyl sites for hydroxylation is 2. The van der Waals surface area contributed by atoms with E-state index in [2.05, 4.69) is 19.2 Å². The maximum Gasteiger partial charge on any atom is 0.322 e. The summed E-state index contributed by atoms with van der Waals surface area (Å²) in [6.07, 6.45) is 4.64. The number of unbranched alkanes of at least 4 members (excludes halogenated alkanes) is 1. The number of nitrogens with zero attached hydrogens (tertiary/aromatic N) is 3. The highest BCUT2D eigenvalue weighted by molar-refractivity contribution is 5.92. The van der Waals surface area contributed by atoms with Crippen LogP contribution < -0.4 is 5.32 Å². The number of benzene rings is 1. The smallest absolute Gasteiger partial charge is 0.322 e. The molecular weight excluding hydrogens is 392 g/mol. The second-order valence-electron chi connectivity index (χ2n) is 7.68. The van der Waals surface area contributed by atoms with Crippen LogP contribution in [0.1, 0.15) is 37.9 Å². The third-order valence-corrected chi connectivity index (χ3v) is 5.30. The minimum Gasteiger partial charge on any atom is -0.383 e. The Kier molecular flexibility index (Phi) is 10.1. The first-order chi connectivity index (χ1) is 15.0. The second kappa shape index (κ2) is 12.8. The Balaban J connectivity index is 2.10. The molecule has 0 fully saturated rings. The zero-order valence-electron chi connectivity index (χ0n) is 19.3. The van der Waals surface area contributed by atoms with Gasteiger partial charge in [-0.2, -0.15) is 0 Å². The molecule has 0 unspecified atom stereocenters. The molecule has 7 nitrogen and oxygen atoms in total. The third kappa shape index (κ3) is 7.75. The number of urea groups is 1. The molecule has 7 heteroatoms. The van der Waals surface area contributed by atoms with Crippen LogP contribution in [0.25, 0.3) is 0 Å². The van der Waals surface area contributed by atoms with Crippen LogP contribution in [0.4, 0.5) is 10.5 Å². The molecule has 0 spiro atoms. The van der Waals surface area contributed by atoms with Crippen LogP contribution in [0, 0.1) is 0 Å². The summed E-state index contributed by atoms with van der Waals surface area (Å²) in [4.78, 5) is 29.5. The zero-order chi connectivity index (χ0) is 22.6. The van der Waals surface area contributed by atoms with Crippen molar-refractivity contribution in [2.45, 2.75) is 39.7 Å². The maximum absolute atomic E-state index is 13.2. The summed E-state index contributed by atoms with van der Waals surface area (Å²) in [5, 5.41) is 2.96. The van der Waals surface area contributed by atoms with Gasteiger partial charge >= 0.3 is 6.03 Å². The van der Waals surface area contributed by atoms with Crippen molar-refractivity contribution in [3.8, 4) is 0 Å². The Morgan fingerprint density at radius 1 is 1.10 bits per heavy atom. The minimum absolute atomic E-state index is 0.0352. The highest BCUT2D eigenvalue weighted by Gasteiger charge is 2.22. The molecule has 0 aliphatic heterocycles. The van der Waals surface area contributed by atoms with E-state index in [0.717, 1.165) is 36.2 Å². The average molecular weight is 429 g/mol. The van der Waals surface area contributed by atoms with E-state index in [0.29, 0.717) is 26.2 Å². The first-order valence-corrected chi connectivity index (χ1v) is 11.0. The van der Waals surface area contributed by atoms with Gasteiger partial charge in [-0.05, 0) is 42.7 Å². The number of aromatic nitrogens is 1. The molecule has 0 bridgehead atoms. The van der Waals surface area contributed by atoms with Crippen LogP contribution >= 0.6 is 0 Å². The lowest BCUT2D eigenvalue weighted by molar-refractivity contribution is -0.133. The van der Waals surface area contributed by atoms with Gasteiger partial charge < -0.3 is 24.4 Å². The van der Waals surface area contributed by atoms with E-state index in [4.69, 9.17) is 4.74 Å². The monoisotopic (exact) mass is 428 g/mol. The van der Waals surface area contributed by atoms with Crippen molar-refractivity contribution in [3.63, 3.8) is 0 Å². The van der Waals surface area contributed by atoms with Gasteiger partial charge in [-0.25, -0.2) is 4.79 Å². The first kappa shape index (κ1) is 24.5. The van der Waals surface area contributed by atoms with Crippen molar-refractivity contribution < 1.29 is 14.3 Å². The van der Waals surface area contributed by atoms with E-state index < -0.39 is 0 Å². The number of rotatable bonds is 12. The summed E-state index contributed by atoms with van der Waals surface area (Å²) >= 11 is 0. The predicted molar refractivity (Wildman–Crippen MR) is 124 cm³/mol. The Morgan fingerprint density at radius 3 is 2.55 bits per heavy atom. The van der Waals surface area contributed by atoms with Gasteiger partial charge in [-0.1, -0.05) is 32.4 Å². The van der Waals surface area contributed by atoms with E-state index >= 15 is 0 Å². The van der Waals surface area contributed by atoms with Crippen LogP contribution in [0.3, 0.4) is 0 Å². The Hall–Kier alpha value is -2.80. The largest absolute Gasteiger partial charge is 0.383 e. The van der Waals surface area contributed by atoms with Gasteiger partial charge in [0.2, 0.25) is 5.91 Å². The highest BCUT2D eigenvalue weighted by atomic mass is 16.5. The van der Waals surface area contributed by atoms with Gasteiger partial charge in [0.05, 0.1) is 13.2 Å². The van der Waals surface area contributed by atoms with Gasteiger partial charge in [-0.3, -0.25) is 4.79 Å². The van der Waals surface area contributed by atoms with Crippen LogP contribution in [-0.4, -0.2) is 59.7 Å². The third-order valence-electron chi connectivity index (χ3n) is 5.30. The topological polar surface area (TPSA) is 66.8 Å². The summed E-state index contributed by atoms with van der Waals surface area (Å²) in [6.45, 7) is 6.12. The molecule has 0 aliphatic carbocycles. The van der Waals surface area contributed by atoms with Crippen molar-refractivity contribution in [1.82, 2.24) is 14.4 Å². The molecule has 2 rings (SSSR count). The van der Waals surface area contributed by atoms with Gasteiger partial charge in [0.25, 0.3) is 0 Å². The predicted octanol–water partition coefficient (Wildman–Crippen LogP) is 3.90. The SMILES string of the molecule is CCCCN(CC(=O)N(CCOC)Cc1cccn1C)C(=O)Nc1cccc(CC)c1. The summed E-state index contributed by atoms with van der Waals surface area (Å²) < 4.78 is 7.19. The van der Waals surface area contributed by atoms with E-state index in [1.807, 2.05) is 54.2 Å². The van der Waals surface area contributed by atoms with Crippen molar-refractivity contribution in [2.24, 2.45) is 7.05 Å². The normalized spacial score (nSPS) is 10.7. The van der Waals surface area contributed by atoms with Gasteiger partial charge in [0, 0.05) is 44.8 Å². The number of carbonyl (C=O) groups is 2. The van der Waals surface area contributed by atoms with Crippen LogP contribution in [-0.2, 0) is 29.5 Å². The van der Waals surface area contributed by atoms with Gasteiger partial charge in [-0.15, -0.1) is 0 Å². The van der Waals surface area contributed by atoms with Crippen molar-refractivity contribution in [2.75, 3.05) is 38.7 Å². The van der Waals surface area contributed by atoms with Crippen molar-refractivity contribution in [1.29, 1.82) is 0 Å². The molecule has 0 saturated heterocycles. The van der Waals surface area contributed by atoms with Crippen LogP contribution in [0.5, 0.6) is 0 Å². The second-order valence-corrected chi connectivity index (χ2v) is 7.68. The molecular formula is C24H36N4O3. The van der Waals surface area contributed by atoms with Crippen LogP contribution in [0.15, 0.2) is 42.6 Å². The Bertz CT molecular complexity index is 834. The van der Waals surface area contributed by atoms with Crippen molar-refractivity contribution in [3.05, 3.63) is 53.9 Å². The Labute approximate surface area is 186 Å². The zero-order valence-corrected chi connectivity index (χ0v) is 19.3. The number of ether oxygens (including phenoxy) is 1. The lowest BCUT2D eigenvalue weighted by Gasteiger charge is -2.28. The summed E-state index contributed by atoms with van der Waals surface area (Å²) in [6, 6.07) is 11.5. The molecule has 0 saturated carbocycles.